The lowest BCUT2D eigenvalue weighted by molar-refractivity contribution is 0.137. The van der Waals surface area contributed by atoms with Crippen LogP contribution in [0.15, 0.2) is 91.0 Å². The number of hydrogen-bond donors (Lipinski definition) is 1. The maximum Gasteiger partial charge on any atom is 0.261 e. The first-order chi connectivity index (χ1) is 14.8. The summed E-state index contributed by atoms with van der Waals surface area (Å²) in [6, 6.07) is 32.5. The fraction of sp³-hybridized carbons (Fsp3) is 0.286. The maximum atomic E-state index is 7.46. The molecule has 160 valence electrons. The number of hydrogen-bond acceptors (Lipinski definition) is 1. The van der Waals surface area contributed by atoms with Crippen molar-refractivity contribution >= 4 is 29.6 Å². The smallest absolute Gasteiger partial charge is 0.261 e. The fourth-order valence-corrected chi connectivity index (χ4v) is 9.48. The van der Waals surface area contributed by atoms with Crippen LogP contribution < -0.4 is 10.4 Å². The van der Waals surface area contributed by atoms with Crippen molar-refractivity contribution in [1.29, 1.82) is 0 Å². The predicted octanol–water partition coefficient (Wildman–Crippen LogP) is 6.44. The van der Waals surface area contributed by atoms with Crippen molar-refractivity contribution in [3.05, 3.63) is 96.7 Å². The van der Waals surface area contributed by atoms with E-state index < -0.39 is 8.32 Å². The Kier molecular flexibility index (Phi) is 5.91. The average molecular weight is 428 g/mol. The number of rotatable bonds is 6. The summed E-state index contributed by atoms with van der Waals surface area (Å²) in [5.74, 6) is 0.328. The summed E-state index contributed by atoms with van der Waals surface area (Å²) >= 11 is 0. The summed E-state index contributed by atoms with van der Waals surface area (Å²) in [7, 11) is -2.63. The Hall–Kier alpha value is -2.62. The average Bonchev–Trinajstić information content (AvgIpc) is 3.18. The number of para-hydroxylation sites is 1. The van der Waals surface area contributed by atoms with Crippen LogP contribution in [0.1, 0.15) is 46.4 Å². The van der Waals surface area contributed by atoms with E-state index in [1.165, 1.54) is 15.8 Å². The quantitative estimate of drug-likeness (QED) is 0.352. The molecule has 0 saturated carbocycles. The number of aromatic nitrogens is 1. The first-order valence-corrected chi connectivity index (χ1v) is 13.1. The molecule has 0 unspecified atom stereocenters. The summed E-state index contributed by atoms with van der Waals surface area (Å²) in [6.07, 6.45) is -0.0290. The van der Waals surface area contributed by atoms with E-state index in [-0.39, 0.29) is 11.1 Å². The number of aromatic amines is 1. The van der Waals surface area contributed by atoms with Crippen LogP contribution in [0.2, 0.25) is 5.04 Å². The van der Waals surface area contributed by atoms with E-state index >= 15 is 0 Å². The van der Waals surface area contributed by atoms with Crippen molar-refractivity contribution in [2.45, 2.75) is 45.8 Å². The van der Waals surface area contributed by atoms with Gasteiger partial charge in [-0.25, -0.2) is 0 Å². The number of fused-ring (bicyclic) bond motifs is 1. The van der Waals surface area contributed by atoms with Gasteiger partial charge < -0.3 is 9.41 Å². The van der Waals surface area contributed by atoms with Crippen molar-refractivity contribution in [2.24, 2.45) is 5.92 Å². The molecule has 4 rings (SSSR count). The molecule has 0 saturated heterocycles. The second kappa shape index (κ2) is 8.49. The minimum Gasteiger partial charge on any atom is -0.399 e. The molecule has 0 aliphatic rings. The highest BCUT2D eigenvalue weighted by Crippen LogP contribution is 2.41. The molecular weight excluding hydrogens is 394 g/mol. The van der Waals surface area contributed by atoms with Crippen LogP contribution in [0.5, 0.6) is 0 Å². The van der Waals surface area contributed by atoms with Gasteiger partial charge in [0.25, 0.3) is 8.32 Å². The highest BCUT2D eigenvalue weighted by Gasteiger charge is 2.52. The second-order valence-electron chi connectivity index (χ2n) is 9.76. The SMILES string of the molecule is CC(C)[C@@H](O[Si](c1ccccc1)(c1ccccc1)C(C)(C)C)c1cc2ccccc2[nH]1. The van der Waals surface area contributed by atoms with Crippen LogP contribution in [-0.4, -0.2) is 13.3 Å². The Morgan fingerprint density at radius 2 is 1.26 bits per heavy atom. The molecular formula is C28H33NOSi. The first-order valence-electron chi connectivity index (χ1n) is 11.2. The van der Waals surface area contributed by atoms with E-state index in [9.17, 15) is 0 Å². The normalized spacial score (nSPS) is 13.6. The van der Waals surface area contributed by atoms with Crippen LogP contribution in [0.3, 0.4) is 0 Å². The van der Waals surface area contributed by atoms with Gasteiger partial charge >= 0.3 is 0 Å². The number of H-pyrrole nitrogens is 1. The third-order valence-electron chi connectivity index (χ3n) is 6.18. The maximum absolute atomic E-state index is 7.46. The molecule has 0 aliphatic carbocycles. The Labute approximate surface area is 187 Å². The predicted molar refractivity (Wildman–Crippen MR) is 135 cm³/mol. The summed E-state index contributed by atoms with van der Waals surface area (Å²) in [4.78, 5) is 3.65. The van der Waals surface area contributed by atoms with Crippen molar-refractivity contribution in [3.8, 4) is 0 Å². The van der Waals surface area contributed by atoms with Gasteiger partial charge in [0.05, 0.1) is 6.10 Å². The van der Waals surface area contributed by atoms with Crippen molar-refractivity contribution in [3.63, 3.8) is 0 Å². The molecule has 2 nitrogen and oxygen atoms in total. The largest absolute Gasteiger partial charge is 0.399 e. The van der Waals surface area contributed by atoms with E-state index in [0.29, 0.717) is 5.92 Å². The van der Waals surface area contributed by atoms with E-state index in [0.717, 1.165) is 11.2 Å². The first kappa shape index (κ1) is 21.6. The Bertz CT molecular complexity index is 1050. The van der Waals surface area contributed by atoms with Crippen LogP contribution in [-0.2, 0) is 4.43 Å². The third-order valence-corrected chi connectivity index (χ3v) is 11.2. The second-order valence-corrected chi connectivity index (χ2v) is 14.0. The lowest BCUT2D eigenvalue weighted by atomic mass is 10.0. The topological polar surface area (TPSA) is 25.0 Å². The zero-order chi connectivity index (χ0) is 22.1. The Morgan fingerprint density at radius 1 is 0.742 bits per heavy atom. The monoisotopic (exact) mass is 427 g/mol. The highest BCUT2D eigenvalue weighted by molar-refractivity contribution is 6.99. The Morgan fingerprint density at radius 3 is 1.74 bits per heavy atom. The van der Waals surface area contributed by atoms with Gasteiger partial charge in [-0.15, -0.1) is 0 Å². The molecule has 1 heterocycles. The summed E-state index contributed by atoms with van der Waals surface area (Å²) < 4.78 is 7.46. The van der Waals surface area contributed by atoms with E-state index in [1.807, 2.05) is 0 Å². The summed E-state index contributed by atoms with van der Waals surface area (Å²) in [5, 5.41) is 3.81. The minimum atomic E-state index is -2.63. The van der Waals surface area contributed by atoms with Gasteiger partial charge in [0, 0.05) is 11.2 Å². The van der Waals surface area contributed by atoms with Crippen molar-refractivity contribution in [2.75, 3.05) is 0 Å². The lowest BCUT2D eigenvalue weighted by Crippen LogP contribution is -2.67. The van der Waals surface area contributed by atoms with Crippen molar-refractivity contribution in [1.82, 2.24) is 4.98 Å². The van der Waals surface area contributed by atoms with E-state index in [1.54, 1.807) is 0 Å². The molecule has 0 radical (unpaired) electrons. The van der Waals surface area contributed by atoms with Crippen LogP contribution in [0, 0.1) is 5.92 Å². The van der Waals surface area contributed by atoms with E-state index in [4.69, 9.17) is 4.43 Å². The van der Waals surface area contributed by atoms with Gasteiger partial charge in [-0.05, 0) is 38.8 Å². The zero-order valence-corrected chi connectivity index (χ0v) is 20.2. The molecule has 0 fully saturated rings. The summed E-state index contributed by atoms with van der Waals surface area (Å²) in [5.41, 5.74) is 2.32. The number of benzene rings is 3. The molecule has 1 atom stereocenters. The van der Waals surface area contributed by atoms with Gasteiger partial charge in [0.15, 0.2) is 0 Å². The van der Waals surface area contributed by atoms with Gasteiger partial charge in [-0.1, -0.05) is 113 Å². The zero-order valence-electron chi connectivity index (χ0n) is 19.2. The molecule has 3 aromatic carbocycles. The molecule has 0 spiro atoms. The molecule has 4 aromatic rings. The van der Waals surface area contributed by atoms with Gasteiger partial charge in [0.2, 0.25) is 0 Å². The van der Waals surface area contributed by atoms with Crippen LogP contribution in [0.4, 0.5) is 0 Å². The minimum absolute atomic E-state index is 0.0290. The molecule has 1 aromatic heterocycles. The molecule has 3 heteroatoms. The van der Waals surface area contributed by atoms with Gasteiger partial charge in [0.1, 0.15) is 0 Å². The molecule has 0 amide bonds. The van der Waals surface area contributed by atoms with Gasteiger partial charge in [-0.2, -0.15) is 0 Å². The van der Waals surface area contributed by atoms with E-state index in [2.05, 4.69) is 131 Å². The molecule has 1 N–H and O–H groups in total. The van der Waals surface area contributed by atoms with Gasteiger partial charge in [-0.3, -0.25) is 0 Å². The molecule has 0 bridgehead atoms. The Balaban J connectivity index is 1.92. The summed E-state index contributed by atoms with van der Waals surface area (Å²) in [6.45, 7) is 11.5. The standard InChI is InChI=1S/C28H33NOSi/c1-21(2)27(26-20-22-14-12-13-19-25(22)29-26)30-31(28(3,4)5,23-15-8-6-9-16-23)24-17-10-7-11-18-24/h6-21,27,29H,1-5H3/t27-/m1/s1. The van der Waals surface area contributed by atoms with Crippen LogP contribution >= 0.6 is 0 Å². The number of nitrogens with one attached hydrogen (secondary N) is 1. The van der Waals surface area contributed by atoms with Crippen molar-refractivity contribution < 1.29 is 4.43 Å². The lowest BCUT2D eigenvalue weighted by Gasteiger charge is -2.45. The van der Waals surface area contributed by atoms with Crippen LogP contribution in [0.25, 0.3) is 10.9 Å². The third kappa shape index (κ3) is 4.00. The molecule has 0 aliphatic heterocycles. The fourth-order valence-electron chi connectivity index (χ4n) is 4.69. The molecule has 31 heavy (non-hydrogen) atoms. The highest BCUT2D eigenvalue weighted by atomic mass is 28.4.